The van der Waals surface area contributed by atoms with E-state index in [-0.39, 0.29) is 5.41 Å². The average molecular weight is 154 g/mol. The van der Waals surface area contributed by atoms with Crippen molar-refractivity contribution < 1.29 is 4.79 Å². The predicted molar refractivity (Wildman–Crippen MR) is 46.4 cm³/mol. The zero-order valence-electron chi connectivity index (χ0n) is 7.98. The Balaban J connectivity index is 2.55. The van der Waals surface area contributed by atoms with Crippen molar-refractivity contribution in [2.75, 3.05) is 0 Å². The molecular formula is C10H18O. The van der Waals surface area contributed by atoms with Crippen molar-refractivity contribution in [2.45, 2.75) is 40.5 Å². The van der Waals surface area contributed by atoms with Gasteiger partial charge in [0.05, 0.1) is 0 Å². The molecule has 0 aromatic carbocycles. The van der Waals surface area contributed by atoms with E-state index in [9.17, 15) is 4.79 Å². The zero-order chi connectivity index (χ0) is 8.65. The molecule has 0 aliphatic heterocycles. The van der Waals surface area contributed by atoms with E-state index < -0.39 is 0 Å². The lowest BCUT2D eigenvalue weighted by atomic mass is 9.67. The molecule has 0 aromatic heterocycles. The van der Waals surface area contributed by atoms with Gasteiger partial charge in [-0.05, 0) is 18.8 Å². The number of hydrogen-bond acceptors (Lipinski definition) is 1. The SMILES string of the molecule is C[C@H]1CC[C@H]1C(=O)C(C)(C)C. The maximum atomic E-state index is 11.7. The van der Waals surface area contributed by atoms with Crippen molar-refractivity contribution >= 4 is 5.78 Å². The first kappa shape index (κ1) is 8.76. The van der Waals surface area contributed by atoms with Crippen LogP contribution in [-0.2, 0) is 4.79 Å². The molecule has 2 atom stereocenters. The Morgan fingerprint density at radius 3 is 1.91 bits per heavy atom. The molecule has 1 heteroatoms. The van der Waals surface area contributed by atoms with Crippen LogP contribution in [0, 0.1) is 17.3 Å². The van der Waals surface area contributed by atoms with Gasteiger partial charge in [0.1, 0.15) is 5.78 Å². The Morgan fingerprint density at radius 1 is 1.27 bits per heavy atom. The summed E-state index contributed by atoms with van der Waals surface area (Å²) in [4.78, 5) is 11.7. The minimum Gasteiger partial charge on any atom is -0.299 e. The monoisotopic (exact) mass is 154 g/mol. The lowest BCUT2D eigenvalue weighted by molar-refractivity contribution is -0.135. The quantitative estimate of drug-likeness (QED) is 0.567. The molecule has 0 spiro atoms. The molecule has 11 heavy (non-hydrogen) atoms. The standard InChI is InChI=1S/C10H18O/c1-7-5-6-8(7)9(11)10(2,3)4/h7-8H,5-6H2,1-4H3/t7-,8+/m0/s1. The molecule has 1 fully saturated rings. The smallest absolute Gasteiger partial charge is 0.141 e. The minimum atomic E-state index is -0.126. The third-order valence-electron chi connectivity index (χ3n) is 2.70. The summed E-state index contributed by atoms with van der Waals surface area (Å²) < 4.78 is 0. The van der Waals surface area contributed by atoms with Crippen LogP contribution in [0.15, 0.2) is 0 Å². The van der Waals surface area contributed by atoms with Crippen LogP contribution in [-0.4, -0.2) is 5.78 Å². The first-order valence-electron chi connectivity index (χ1n) is 4.47. The highest BCUT2D eigenvalue weighted by Crippen LogP contribution is 2.38. The number of rotatable bonds is 1. The molecule has 1 aliphatic rings. The Kier molecular flexibility index (Phi) is 2.08. The summed E-state index contributed by atoms with van der Waals surface area (Å²) in [5.41, 5.74) is -0.126. The van der Waals surface area contributed by atoms with Crippen molar-refractivity contribution in [1.29, 1.82) is 0 Å². The van der Waals surface area contributed by atoms with Gasteiger partial charge in [-0.15, -0.1) is 0 Å². The first-order valence-corrected chi connectivity index (χ1v) is 4.47. The second-order valence-corrected chi connectivity index (χ2v) is 4.78. The third kappa shape index (κ3) is 1.63. The Labute approximate surface area is 69.2 Å². The molecule has 1 nitrogen and oxygen atoms in total. The number of Topliss-reactive ketones (excluding diaryl/α,β-unsaturated/α-hetero) is 1. The Bertz CT molecular complexity index is 164. The molecule has 0 heterocycles. The molecule has 1 aliphatic carbocycles. The van der Waals surface area contributed by atoms with Gasteiger partial charge < -0.3 is 0 Å². The van der Waals surface area contributed by atoms with Crippen LogP contribution in [0.1, 0.15) is 40.5 Å². The maximum absolute atomic E-state index is 11.7. The largest absolute Gasteiger partial charge is 0.299 e. The lowest BCUT2D eigenvalue weighted by Gasteiger charge is -2.36. The van der Waals surface area contributed by atoms with E-state index >= 15 is 0 Å². The molecule has 0 N–H and O–H groups in total. The van der Waals surface area contributed by atoms with Gasteiger partial charge >= 0.3 is 0 Å². The molecule has 0 saturated heterocycles. The molecule has 0 radical (unpaired) electrons. The number of hydrogen-bond donors (Lipinski definition) is 0. The van der Waals surface area contributed by atoms with Crippen molar-refractivity contribution in [3.63, 3.8) is 0 Å². The number of carbonyl (C=O) groups is 1. The lowest BCUT2D eigenvalue weighted by Crippen LogP contribution is -2.37. The summed E-state index contributed by atoms with van der Waals surface area (Å²) in [5, 5.41) is 0. The fourth-order valence-corrected chi connectivity index (χ4v) is 1.61. The molecular weight excluding hydrogens is 136 g/mol. The van der Waals surface area contributed by atoms with Crippen LogP contribution >= 0.6 is 0 Å². The van der Waals surface area contributed by atoms with E-state index in [1.165, 1.54) is 6.42 Å². The van der Waals surface area contributed by atoms with Crippen LogP contribution in [0.3, 0.4) is 0 Å². The fraction of sp³-hybridized carbons (Fsp3) is 0.900. The van der Waals surface area contributed by atoms with Crippen LogP contribution in [0.4, 0.5) is 0 Å². The van der Waals surface area contributed by atoms with Crippen molar-refractivity contribution in [3.8, 4) is 0 Å². The predicted octanol–water partition coefficient (Wildman–Crippen LogP) is 2.65. The molecule has 0 amide bonds. The maximum Gasteiger partial charge on any atom is 0.141 e. The van der Waals surface area contributed by atoms with Crippen molar-refractivity contribution in [2.24, 2.45) is 17.3 Å². The van der Waals surface area contributed by atoms with E-state index in [2.05, 4.69) is 6.92 Å². The molecule has 1 saturated carbocycles. The van der Waals surface area contributed by atoms with Gasteiger partial charge in [-0.1, -0.05) is 27.7 Å². The second kappa shape index (κ2) is 2.62. The molecule has 64 valence electrons. The Morgan fingerprint density at radius 2 is 1.82 bits per heavy atom. The van der Waals surface area contributed by atoms with Gasteiger partial charge in [-0.25, -0.2) is 0 Å². The summed E-state index contributed by atoms with van der Waals surface area (Å²) in [6.45, 7) is 8.22. The second-order valence-electron chi connectivity index (χ2n) is 4.78. The van der Waals surface area contributed by atoms with Gasteiger partial charge in [0.2, 0.25) is 0 Å². The number of ketones is 1. The number of carbonyl (C=O) groups excluding carboxylic acids is 1. The van der Waals surface area contributed by atoms with Crippen LogP contribution in [0.2, 0.25) is 0 Å². The average Bonchev–Trinajstić information content (AvgIpc) is 1.83. The molecule has 0 unspecified atom stereocenters. The van der Waals surface area contributed by atoms with Crippen LogP contribution < -0.4 is 0 Å². The van der Waals surface area contributed by atoms with E-state index in [4.69, 9.17) is 0 Å². The third-order valence-corrected chi connectivity index (χ3v) is 2.70. The molecule has 1 rings (SSSR count). The van der Waals surface area contributed by atoms with Crippen LogP contribution in [0.5, 0.6) is 0 Å². The molecule has 0 bridgehead atoms. The van der Waals surface area contributed by atoms with Gasteiger partial charge in [-0.2, -0.15) is 0 Å². The minimum absolute atomic E-state index is 0.126. The Hall–Kier alpha value is -0.330. The topological polar surface area (TPSA) is 17.1 Å². The van der Waals surface area contributed by atoms with E-state index in [0.717, 1.165) is 6.42 Å². The van der Waals surface area contributed by atoms with E-state index in [0.29, 0.717) is 17.6 Å². The highest BCUT2D eigenvalue weighted by Gasteiger charge is 2.38. The van der Waals surface area contributed by atoms with E-state index in [1.54, 1.807) is 0 Å². The van der Waals surface area contributed by atoms with Gasteiger partial charge in [0.25, 0.3) is 0 Å². The van der Waals surface area contributed by atoms with Gasteiger partial charge in [0, 0.05) is 11.3 Å². The van der Waals surface area contributed by atoms with Gasteiger partial charge in [0.15, 0.2) is 0 Å². The highest BCUT2D eigenvalue weighted by molar-refractivity contribution is 5.86. The summed E-state index contributed by atoms with van der Waals surface area (Å²) in [7, 11) is 0. The summed E-state index contributed by atoms with van der Waals surface area (Å²) in [6, 6.07) is 0. The zero-order valence-corrected chi connectivity index (χ0v) is 7.98. The molecule has 0 aromatic rings. The van der Waals surface area contributed by atoms with E-state index in [1.807, 2.05) is 20.8 Å². The summed E-state index contributed by atoms with van der Waals surface area (Å²) >= 11 is 0. The summed E-state index contributed by atoms with van der Waals surface area (Å²) in [6.07, 6.45) is 2.36. The normalized spacial score (nSPS) is 31.3. The van der Waals surface area contributed by atoms with Crippen molar-refractivity contribution in [1.82, 2.24) is 0 Å². The summed E-state index contributed by atoms with van der Waals surface area (Å²) in [5.74, 6) is 1.47. The first-order chi connectivity index (χ1) is 4.93. The highest BCUT2D eigenvalue weighted by atomic mass is 16.1. The van der Waals surface area contributed by atoms with Gasteiger partial charge in [-0.3, -0.25) is 4.79 Å². The fourth-order valence-electron chi connectivity index (χ4n) is 1.61. The van der Waals surface area contributed by atoms with Crippen LogP contribution in [0.25, 0.3) is 0 Å². The van der Waals surface area contributed by atoms with Crippen molar-refractivity contribution in [3.05, 3.63) is 0 Å².